The molecule has 0 unspecified atom stereocenters. The van der Waals surface area contributed by atoms with E-state index in [-0.39, 0.29) is 41.8 Å². The standard InChI is InChI=1S/C23H20FN3O3/c1-2-21(28)25-19-6-3-5-17(13-19)14-22(29)26-20-7-4-12-27(23(20)30)15-16-8-10-18(24)11-9-16/h2-13H,1,14-15H2,(H,25,28)(H,26,29). The third-order valence-electron chi connectivity index (χ3n) is 4.31. The van der Waals surface area contributed by atoms with Crippen LogP contribution in [-0.4, -0.2) is 16.4 Å². The number of nitrogens with one attached hydrogen (secondary N) is 2. The number of benzene rings is 2. The molecule has 0 saturated carbocycles. The van der Waals surface area contributed by atoms with Gasteiger partial charge in [0.25, 0.3) is 5.56 Å². The number of carbonyl (C=O) groups is 2. The van der Waals surface area contributed by atoms with Crippen LogP contribution in [0.5, 0.6) is 0 Å². The first-order valence-corrected chi connectivity index (χ1v) is 9.21. The number of anilines is 2. The van der Waals surface area contributed by atoms with E-state index in [1.807, 2.05) is 0 Å². The molecule has 0 aliphatic carbocycles. The third-order valence-corrected chi connectivity index (χ3v) is 4.31. The molecule has 3 rings (SSSR count). The number of pyridine rings is 1. The molecule has 30 heavy (non-hydrogen) atoms. The molecule has 6 nitrogen and oxygen atoms in total. The Hall–Kier alpha value is -4.00. The van der Waals surface area contributed by atoms with Crippen LogP contribution < -0.4 is 16.2 Å². The Morgan fingerprint density at radius 2 is 1.77 bits per heavy atom. The van der Waals surface area contributed by atoms with Crippen molar-refractivity contribution in [2.24, 2.45) is 0 Å². The fraction of sp³-hybridized carbons (Fsp3) is 0.0870. The van der Waals surface area contributed by atoms with Gasteiger partial charge in [-0.2, -0.15) is 0 Å². The highest BCUT2D eigenvalue weighted by Crippen LogP contribution is 2.12. The molecule has 152 valence electrons. The summed E-state index contributed by atoms with van der Waals surface area (Å²) < 4.78 is 14.5. The Labute approximate surface area is 172 Å². The molecule has 0 atom stereocenters. The first-order chi connectivity index (χ1) is 14.4. The molecule has 0 fully saturated rings. The lowest BCUT2D eigenvalue weighted by Crippen LogP contribution is -2.26. The van der Waals surface area contributed by atoms with Crippen molar-refractivity contribution in [3.05, 3.63) is 107 Å². The van der Waals surface area contributed by atoms with Gasteiger partial charge in [-0.05, 0) is 53.6 Å². The van der Waals surface area contributed by atoms with Crippen molar-refractivity contribution in [1.29, 1.82) is 0 Å². The van der Waals surface area contributed by atoms with Crippen LogP contribution >= 0.6 is 0 Å². The summed E-state index contributed by atoms with van der Waals surface area (Å²) in [6.45, 7) is 3.65. The van der Waals surface area contributed by atoms with Gasteiger partial charge in [-0.25, -0.2) is 4.39 Å². The minimum absolute atomic E-state index is 0.0318. The van der Waals surface area contributed by atoms with Crippen molar-refractivity contribution in [3.63, 3.8) is 0 Å². The lowest BCUT2D eigenvalue weighted by Gasteiger charge is -2.10. The van der Waals surface area contributed by atoms with Crippen LogP contribution in [0.2, 0.25) is 0 Å². The van der Waals surface area contributed by atoms with Gasteiger partial charge in [-0.3, -0.25) is 14.4 Å². The van der Waals surface area contributed by atoms with Crippen molar-refractivity contribution >= 4 is 23.2 Å². The van der Waals surface area contributed by atoms with Gasteiger partial charge in [0.1, 0.15) is 11.5 Å². The summed E-state index contributed by atoms with van der Waals surface area (Å²) in [5.41, 5.74) is 1.78. The van der Waals surface area contributed by atoms with Crippen molar-refractivity contribution in [1.82, 2.24) is 4.57 Å². The van der Waals surface area contributed by atoms with E-state index in [1.54, 1.807) is 48.7 Å². The van der Waals surface area contributed by atoms with Gasteiger partial charge in [0.2, 0.25) is 11.8 Å². The topological polar surface area (TPSA) is 80.2 Å². The number of carbonyl (C=O) groups excluding carboxylic acids is 2. The van der Waals surface area contributed by atoms with Crippen LogP contribution in [0.3, 0.4) is 0 Å². The first kappa shape index (κ1) is 20.7. The summed E-state index contributed by atoms with van der Waals surface area (Å²) in [5, 5.41) is 5.26. The highest BCUT2D eigenvalue weighted by atomic mass is 19.1. The number of amides is 2. The number of aromatic nitrogens is 1. The van der Waals surface area contributed by atoms with Crippen LogP contribution in [-0.2, 0) is 22.6 Å². The van der Waals surface area contributed by atoms with Gasteiger partial charge in [-0.1, -0.05) is 30.8 Å². The molecule has 3 aromatic rings. The molecule has 0 bridgehead atoms. The third kappa shape index (κ3) is 5.51. The lowest BCUT2D eigenvalue weighted by atomic mass is 10.1. The summed E-state index contributed by atoms with van der Waals surface area (Å²) in [6.07, 6.45) is 2.79. The number of hydrogen-bond acceptors (Lipinski definition) is 3. The monoisotopic (exact) mass is 405 g/mol. The highest BCUT2D eigenvalue weighted by molar-refractivity contribution is 5.99. The number of rotatable bonds is 7. The van der Waals surface area contributed by atoms with Crippen molar-refractivity contribution < 1.29 is 14.0 Å². The van der Waals surface area contributed by atoms with Crippen molar-refractivity contribution in [2.45, 2.75) is 13.0 Å². The number of hydrogen-bond donors (Lipinski definition) is 2. The second-order valence-electron chi connectivity index (χ2n) is 6.60. The largest absolute Gasteiger partial charge is 0.323 e. The van der Waals surface area contributed by atoms with E-state index in [9.17, 15) is 18.8 Å². The van der Waals surface area contributed by atoms with E-state index in [2.05, 4.69) is 17.2 Å². The second-order valence-corrected chi connectivity index (χ2v) is 6.60. The molecular weight excluding hydrogens is 385 g/mol. The summed E-state index contributed by atoms with van der Waals surface area (Å²) >= 11 is 0. The van der Waals surface area contributed by atoms with Crippen LogP contribution in [0.4, 0.5) is 15.8 Å². The molecule has 0 radical (unpaired) electrons. The van der Waals surface area contributed by atoms with E-state index < -0.39 is 0 Å². The molecule has 0 aliphatic heterocycles. The van der Waals surface area contributed by atoms with E-state index >= 15 is 0 Å². The smallest absolute Gasteiger partial charge is 0.274 e. The van der Waals surface area contributed by atoms with Gasteiger partial charge in [-0.15, -0.1) is 0 Å². The van der Waals surface area contributed by atoms with Gasteiger partial charge in [0.05, 0.1) is 13.0 Å². The molecular formula is C23H20FN3O3. The summed E-state index contributed by atoms with van der Waals surface area (Å²) in [6, 6.07) is 15.9. The SMILES string of the molecule is C=CC(=O)Nc1cccc(CC(=O)Nc2cccn(Cc3ccc(F)cc3)c2=O)c1. The molecule has 2 N–H and O–H groups in total. The average Bonchev–Trinajstić information content (AvgIpc) is 2.72. The number of nitrogens with zero attached hydrogens (tertiary/aromatic N) is 1. The van der Waals surface area contributed by atoms with E-state index in [0.717, 1.165) is 11.6 Å². The maximum atomic E-state index is 13.1. The predicted octanol–water partition coefficient (Wildman–Crippen LogP) is 3.34. The zero-order valence-electron chi connectivity index (χ0n) is 16.1. The Balaban J connectivity index is 1.69. The van der Waals surface area contributed by atoms with E-state index in [1.165, 1.54) is 22.8 Å². The summed E-state index contributed by atoms with van der Waals surface area (Å²) in [4.78, 5) is 36.5. The average molecular weight is 405 g/mol. The maximum Gasteiger partial charge on any atom is 0.274 e. The second kappa shape index (κ2) is 9.47. The van der Waals surface area contributed by atoms with E-state index in [4.69, 9.17) is 0 Å². The van der Waals surface area contributed by atoms with Crippen LogP contribution in [0.15, 0.2) is 84.3 Å². The fourth-order valence-corrected chi connectivity index (χ4v) is 2.88. The molecule has 7 heteroatoms. The predicted molar refractivity (Wildman–Crippen MR) is 114 cm³/mol. The minimum Gasteiger partial charge on any atom is -0.323 e. The Bertz CT molecular complexity index is 1140. The molecule has 2 amide bonds. The molecule has 1 heterocycles. The quantitative estimate of drug-likeness (QED) is 0.592. The zero-order valence-corrected chi connectivity index (χ0v) is 16.1. The maximum absolute atomic E-state index is 13.1. The molecule has 0 saturated heterocycles. The van der Waals surface area contributed by atoms with Crippen LogP contribution in [0.1, 0.15) is 11.1 Å². The van der Waals surface area contributed by atoms with E-state index in [0.29, 0.717) is 11.3 Å². The van der Waals surface area contributed by atoms with Gasteiger partial charge >= 0.3 is 0 Å². The first-order valence-electron chi connectivity index (χ1n) is 9.21. The van der Waals surface area contributed by atoms with Crippen molar-refractivity contribution in [3.8, 4) is 0 Å². The Morgan fingerprint density at radius 1 is 1.00 bits per heavy atom. The minimum atomic E-state index is -0.362. The number of halogens is 1. The Morgan fingerprint density at radius 3 is 2.50 bits per heavy atom. The van der Waals surface area contributed by atoms with Gasteiger partial charge in [0.15, 0.2) is 0 Å². The van der Waals surface area contributed by atoms with Crippen LogP contribution in [0, 0.1) is 5.82 Å². The van der Waals surface area contributed by atoms with Crippen molar-refractivity contribution in [2.75, 3.05) is 10.6 Å². The summed E-state index contributed by atoms with van der Waals surface area (Å²) in [7, 11) is 0. The fourth-order valence-electron chi connectivity index (χ4n) is 2.88. The van der Waals surface area contributed by atoms with Crippen LogP contribution in [0.25, 0.3) is 0 Å². The van der Waals surface area contributed by atoms with Gasteiger partial charge in [0, 0.05) is 11.9 Å². The molecule has 0 aliphatic rings. The lowest BCUT2D eigenvalue weighted by molar-refractivity contribution is -0.115. The molecule has 0 spiro atoms. The molecule has 2 aromatic carbocycles. The van der Waals surface area contributed by atoms with Gasteiger partial charge < -0.3 is 15.2 Å². The normalized spacial score (nSPS) is 10.3. The Kier molecular flexibility index (Phi) is 6.54. The summed E-state index contributed by atoms with van der Waals surface area (Å²) in [5.74, 6) is -1.05. The highest BCUT2D eigenvalue weighted by Gasteiger charge is 2.10. The molecule has 1 aromatic heterocycles. The zero-order chi connectivity index (χ0) is 21.5.